The number of ether oxygens (including phenoxy) is 1. The smallest absolute Gasteiger partial charge is 0.257 e. The van der Waals surface area contributed by atoms with E-state index < -0.39 is 17.9 Å². The Kier molecular flexibility index (Phi) is 7.18. The van der Waals surface area contributed by atoms with E-state index in [-0.39, 0.29) is 13.0 Å². The zero-order valence-corrected chi connectivity index (χ0v) is 13.5. The number of rotatable bonds is 8. The Bertz CT molecular complexity index is 743. The average molecular weight is 338 g/mol. The summed E-state index contributed by atoms with van der Waals surface area (Å²) in [7, 11) is 0. The van der Waals surface area contributed by atoms with Crippen molar-refractivity contribution in [1.29, 1.82) is 0 Å². The number of hydrogen-bond acceptors (Lipinski definition) is 4. The van der Waals surface area contributed by atoms with E-state index in [1.54, 1.807) is 30.3 Å². The summed E-state index contributed by atoms with van der Waals surface area (Å²) in [5, 5.41) is 5.84. The molecule has 2 rings (SSSR count). The molecule has 0 aliphatic rings. The first-order valence-corrected chi connectivity index (χ1v) is 7.74. The third-order valence-electron chi connectivity index (χ3n) is 3.35. The van der Waals surface area contributed by atoms with Crippen molar-refractivity contribution in [1.82, 2.24) is 5.32 Å². The van der Waals surface area contributed by atoms with Crippen LogP contribution in [-0.2, 0) is 16.1 Å². The molecule has 0 saturated heterocycles. The first kappa shape index (κ1) is 18.2. The van der Waals surface area contributed by atoms with Gasteiger partial charge in [-0.3, -0.25) is 14.9 Å². The van der Waals surface area contributed by atoms with Crippen LogP contribution in [0.5, 0.6) is 0 Å². The lowest BCUT2D eigenvalue weighted by Gasteiger charge is -2.12. The molecule has 2 aromatic carbocycles. The van der Waals surface area contributed by atoms with Crippen molar-refractivity contribution in [2.24, 2.45) is 5.11 Å². The summed E-state index contributed by atoms with van der Waals surface area (Å²) in [6.45, 7) is 0.439. The molecule has 0 radical (unpaired) electrons. The summed E-state index contributed by atoms with van der Waals surface area (Å²) in [4.78, 5) is 26.6. The van der Waals surface area contributed by atoms with Crippen molar-refractivity contribution in [3.05, 3.63) is 82.2 Å². The largest absolute Gasteiger partial charge is 0.376 e. The van der Waals surface area contributed by atoms with E-state index in [4.69, 9.17) is 10.3 Å². The predicted octanol–water partition coefficient (Wildman–Crippen LogP) is 3.23. The first-order chi connectivity index (χ1) is 12.2. The Morgan fingerprint density at radius 3 is 2.36 bits per heavy atom. The van der Waals surface area contributed by atoms with E-state index in [1.165, 1.54) is 0 Å². The lowest BCUT2D eigenvalue weighted by atomic mass is 10.2. The Balaban J connectivity index is 1.82. The topological polar surface area (TPSA) is 104 Å². The highest BCUT2D eigenvalue weighted by Gasteiger charge is 2.16. The van der Waals surface area contributed by atoms with Crippen molar-refractivity contribution in [3.8, 4) is 0 Å². The van der Waals surface area contributed by atoms with Gasteiger partial charge in [-0.1, -0.05) is 53.6 Å². The number of hydrogen-bond donors (Lipinski definition) is 1. The van der Waals surface area contributed by atoms with Crippen LogP contribution in [0.1, 0.15) is 22.3 Å². The average Bonchev–Trinajstić information content (AvgIpc) is 2.63. The SMILES string of the molecule is [N-]=[N+]=N[C@H](COCc1ccccc1)CC(=O)NC(=O)c1ccccc1. The van der Waals surface area contributed by atoms with Gasteiger partial charge in [0.25, 0.3) is 5.91 Å². The predicted molar refractivity (Wildman–Crippen MR) is 92.6 cm³/mol. The minimum absolute atomic E-state index is 0.0892. The van der Waals surface area contributed by atoms with Crippen molar-refractivity contribution in [3.63, 3.8) is 0 Å². The summed E-state index contributed by atoms with van der Waals surface area (Å²) in [6, 6.07) is 17.2. The molecule has 0 spiro atoms. The van der Waals surface area contributed by atoms with Crippen LogP contribution >= 0.6 is 0 Å². The fraction of sp³-hybridized carbons (Fsp3) is 0.222. The zero-order chi connectivity index (χ0) is 17.9. The molecule has 0 unspecified atom stereocenters. The number of benzene rings is 2. The number of carbonyl (C=O) groups is 2. The normalized spacial score (nSPS) is 11.2. The van der Waals surface area contributed by atoms with Crippen LogP contribution in [0, 0.1) is 0 Å². The van der Waals surface area contributed by atoms with Gasteiger partial charge in [0.15, 0.2) is 0 Å². The standard InChI is InChI=1S/C18H18N4O3/c19-22-21-16(13-25-12-14-7-3-1-4-8-14)11-17(23)20-18(24)15-9-5-2-6-10-15/h1-10,16H,11-13H2,(H,20,23,24)/t16-/m0/s1. The highest BCUT2D eigenvalue weighted by atomic mass is 16.5. The summed E-state index contributed by atoms with van der Waals surface area (Å²) in [5.74, 6) is -1.01. The van der Waals surface area contributed by atoms with E-state index in [2.05, 4.69) is 15.3 Å². The van der Waals surface area contributed by atoms with Gasteiger partial charge in [0.2, 0.25) is 5.91 Å². The lowest BCUT2D eigenvalue weighted by molar-refractivity contribution is -0.120. The molecule has 0 fully saturated rings. The molecule has 1 N–H and O–H groups in total. The number of imide groups is 1. The molecule has 0 bridgehead atoms. The second-order valence-corrected chi connectivity index (χ2v) is 5.31. The van der Waals surface area contributed by atoms with Gasteiger partial charge in [-0.2, -0.15) is 0 Å². The molecule has 2 amide bonds. The minimum Gasteiger partial charge on any atom is -0.376 e. The Morgan fingerprint density at radius 2 is 1.72 bits per heavy atom. The third-order valence-corrected chi connectivity index (χ3v) is 3.35. The van der Waals surface area contributed by atoms with Crippen LogP contribution in [0.3, 0.4) is 0 Å². The Hall–Kier alpha value is -3.15. The molecule has 128 valence electrons. The van der Waals surface area contributed by atoms with Crippen molar-refractivity contribution >= 4 is 11.8 Å². The van der Waals surface area contributed by atoms with Crippen molar-refractivity contribution in [2.75, 3.05) is 6.61 Å². The van der Waals surface area contributed by atoms with E-state index in [9.17, 15) is 9.59 Å². The molecule has 25 heavy (non-hydrogen) atoms. The second-order valence-electron chi connectivity index (χ2n) is 5.31. The van der Waals surface area contributed by atoms with Crippen LogP contribution in [0.15, 0.2) is 65.8 Å². The van der Waals surface area contributed by atoms with Gasteiger partial charge in [0.05, 0.1) is 19.3 Å². The molecular weight excluding hydrogens is 320 g/mol. The van der Waals surface area contributed by atoms with Crippen molar-refractivity contribution < 1.29 is 14.3 Å². The van der Waals surface area contributed by atoms with Crippen LogP contribution in [0.25, 0.3) is 10.4 Å². The molecule has 7 nitrogen and oxygen atoms in total. The van der Waals surface area contributed by atoms with Gasteiger partial charge < -0.3 is 4.74 Å². The zero-order valence-electron chi connectivity index (χ0n) is 13.5. The molecule has 1 atom stereocenters. The van der Waals surface area contributed by atoms with Crippen molar-refractivity contribution in [2.45, 2.75) is 19.1 Å². The second kappa shape index (κ2) is 9.87. The van der Waals surface area contributed by atoms with E-state index >= 15 is 0 Å². The maximum absolute atomic E-state index is 12.0. The van der Waals surface area contributed by atoms with Gasteiger partial charge in [-0.25, -0.2) is 0 Å². The van der Waals surface area contributed by atoms with E-state index in [0.29, 0.717) is 12.2 Å². The molecular formula is C18H18N4O3. The highest BCUT2D eigenvalue weighted by molar-refractivity contribution is 6.04. The number of carbonyl (C=O) groups excluding carboxylic acids is 2. The third kappa shape index (κ3) is 6.47. The summed E-state index contributed by atoms with van der Waals surface area (Å²) in [6.07, 6.45) is -0.128. The Labute approximate surface area is 145 Å². The lowest BCUT2D eigenvalue weighted by Crippen LogP contribution is -2.33. The minimum atomic E-state index is -0.683. The number of nitrogens with one attached hydrogen (secondary N) is 1. The van der Waals surface area contributed by atoms with E-state index in [1.807, 2.05) is 30.3 Å². The van der Waals surface area contributed by atoms with Crippen LogP contribution in [0.4, 0.5) is 0 Å². The van der Waals surface area contributed by atoms with Gasteiger partial charge in [-0.15, -0.1) is 0 Å². The molecule has 0 aromatic heterocycles. The highest BCUT2D eigenvalue weighted by Crippen LogP contribution is 2.05. The first-order valence-electron chi connectivity index (χ1n) is 7.74. The molecule has 0 saturated carbocycles. The monoisotopic (exact) mass is 338 g/mol. The maximum atomic E-state index is 12.0. The summed E-state index contributed by atoms with van der Waals surface area (Å²) >= 11 is 0. The van der Waals surface area contributed by atoms with Crippen LogP contribution in [-0.4, -0.2) is 24.5 Å². The number of nitrogens with zero attached hydrogens (tertiary/aromatic N) is 3. The van der Waals surface area contributed by atoms with Gasteiger partial charge >= 0.3 is 0 Å². The fourth-order valence-electron chi connectivity index (χ4n) is 2.15. The number of azide groups is 1. The van der Waals surface area contributed by atoms with Gasteiger partial charge in [0, 0.05) is 16.9 Å². The molecule has 0 aliphatic heterocycles. The molecule has 2 aromatic rings. The maximum Gasteiger partial charge on any atom is 0.257 e. The summed E-state index contributed by atoms with van der Waals surface area (Å²) in [5.41, 5.74) is 9.99. The molecule has 0 heterocycles. The quantitative estimate of drug-likeness (QED) is 0.454. The molecule has 0 aliphatic carbocycles. The van der Waals surface area contributed by atoms with E-state index in [0.717, 1.165) is 5.56 Å². The molecule has 7 heteroatoms. The Morgan fingerprint density at radius 1 is 1.08 bits per heavy atom. The van der Waals surface area contributed by atoms with Gasteiger partial charge in [0.1, 0.15) is 0 Å². The fourth-order valence-corrected chi connectivity index (χ4v) is 2.15. The number of amides is 2. The van der Waals surface area contributed by atoms with Crippen LogP contribution < -0.4 is 5.32 Å². The van der Waals surface area contributed by atoms with Gasteiger partial charge in [-0.05, 0) is 23.2 Å². The summed E-state index contributed by atoms with van der Waals surface area (Å²) < 4.78 is 5.50. The van der Waals surface area contributed by atoms with Crippen LogP contribution in [0.2, 0.25) is 0 Å².